The summed E-state index contributed by atoms with van der Waals surface area (Å²) in [5.74, 6) is 0.575. The highest BCUT2D eigenvalue weighted by molar-refractivity contribution is 6.18. The zero-order valence-electron chi connectivity index (χ0n) is 12.5. The molecule has 0 aliphatic heterocycles. The van der Waals surface area contributed by atoms with Gasteiger partial charge in [-0.3, -0.25) is 0 Å². The van der Waals surface area contributed by atoms with Crippen LogP contribution in [-0.4, -0.2) is 19.9 Å². The Morgan fingerprint density at radius 1 is 1.09 bits per heavy atom. The van der Waals surface area contributed by atoms with Crippen LogP contribution in [0.1, 0.15) is 16.7 Å². The molecule has 0 unspecified atom stereocenters. The first-order valence-corrected chi connectivity index (χ1v) is 6.96. The summed E-state index contributed by atoms with van der Waals surface area (Å²) in [4.78, 5) is 4.98. The number of ether oxygens (including phenoxy) is 1. The maximum atomic E-state index is 13.0. The summed E-state index contributed by atoms with van der Waals surface area (Å²) >= 11 is 0. The molecule has 2 aromatic carbocycles. The molecule has 0 spiro atoms. The van der Waals surface area contributed by atoms with Crippen LogP contribution in [0.25, 0.3) is 6.08 Å². The summed E-state index contributed by atoms with van der Waals surface area (Å²) in [6.07, 6.45) is 2.75. The average Bonchev–Trinajstić information content (AvgIpc) is 2.87. The van der Waals surface area contributed by atoms with E-state index in [9.17, 15) is 4.39 Å². The van der Waals surface area contributed by atoms with Crippen molar-refractivity contribution in [1.29, 1.82) is 0 Å². The zero-order chi connectivity index (χ0) is 15.5. The van der Waals surface area contributed by atoms with Gasteiger partial charge in [0.25, 0.3) is 0 Å². The largest absolute Gasteiger partial charge is 0.497 e. The predicted octanol–water partition coefficient (Wildman–Crippen LogP) is 3.82. The lowest BCUT2D eigenvalue weighted by Crippen LogP contribution is -1.99. The Kier molecular flexibility index (Phi) is 3.92. The smallest absolute Gasteiger partial charge is 0.123 e. The minimum atomic E-state index is -0.243. The highest BCUT2D eigenvalue weighted by Crippen LogP contribution is 2.31. The molecule has 0 fully saturated rings. The molecule has 0 saturated carbocycles. The summed E-state index contributed by atoms with van der Waals surface area (Å²) < 4.78 is 18.3. The first-order valence-electron chi connectivity index (χ1n) is 6.96. The van der Waals surface area contributed by atoms with Gasteiger partial charge in [-0.1, -0.05) is 17.3 Å². The standard InChI is InChI=1S/C18H16FNO2/c1-21-16-7-8-17-13(11-16)10-14(18(17)20-22-2)9-12-3-5-15(19)6-4-12/h3-9,11H,10H2,1-2H3/b14-9+,20-18-. The van der Waals surface area contributed by atoms with Crippen LogP contribution in [0.5, 0.6) is 5.75 Å². The van der Waals surface area contributed by atoms with Crippen molar-refractivity contribution < 1.29 is 14.0 Å². The van der Waals surface area contributed by atoms with E-state index in [1.54, 1.807) is 19.2 Å². The van der Waals surface area contributed by atoms with E-state index in [0.717, 1.165) is 40.1 Å². The van der Waals surface area contributed by atoms with Crippen molar-refractivity contribution in [2.24, 2.45) is 5.16 Å². The number of hydrogen-bond acceptors (Lipinski definition) is 3. The summed E-state index contributed by atoms with van der Waals surface area (Å²) in [6.45, 7) is 0. The molecule has 0 saturated heterocycles. The molecule has 4 heteroatoms. The lowest BCUT2D eigenvalue weighted by atomic mass is 10.1. The fourth-order valence-electron chi connectivity index (χ4n) is 2.61. The van der Waals surface area contributed by atoms with E-state index in [2.05, 4.69) is 5.16 Å². The second-order valence-corrected chi connectivity index (χ2v) is 5.04. The molecule has 3 rings (SSSR count). The second-order valence-electron chi connectivity index (χ2n) is 5.04. The van der Waals surface area contributed by atoms with E-state index in [-0.39, 0.29) is 5.82 Å². The Labute approximate surface area is 128 Å². The molecule has 0 atom stereocenters. The van der Waals surface area contributed by atoms with Gasteiger partial charge in [-0.05, 0) is 53.1 Å². The molecule has 1 aliphatic carbocycles. The van der Waals surface area contributed by atoms with E-state index >= 15 is 0 Å². The summed E-state index contributed by atoms with van der Waals surface area (Å²) in [6, 6.07) is 12.3. The van der Waals surface area contributed by atoms with Crippen molar-refractivity contribution >= 4 is 11.8 Å². The molecular formula is C18H16FNO2. The lowest BCUT2D eigenvalue weighted by Gasteiger charge is -2.03. The van der Waals surface area contributed by atoms with Crippen molar-refractivity contribution in [3.8, 4) is 5.75 Å². The van der Waals surface area contributed by atoms with Gasteiger partial charge in [0.2, 0.25) is 0 Å². The van der Waals surface area contributed by atoms with Gasteiger partial charge >= 0.3 is 0 Å². The number of benzene rings is 2. The molecule has 1 aliphatic rings. The zero-order valence-corrected chi connectivity index (χ0v) is 12.5. The Bertz CT molecular complexity index is 748. The summed E-state index contributed by atoms with van der Waals surface area (Å²) in [5.41, 5.74) is 4.96. The van der Waals surface area contributed by atoms with Crippen molar-refractivity contribution in [1.82, 2.24) is 0 Å². The number of fused-ring (bicyclic) bond motifs is 1. The number of allylic oxidation sites excluding steroid dienone is 1. The number of halogens is 1. The highest BCUT2D eigenvalue weighted by atomic mass is 19.1. The van der Waals surface area contributed by atoms with Crippen LogP contribution in [0.15, 0.2) is 53.2 Å². The average molecular weight is 297 g/mol. The first kappa shape index (κ1) is 14.3. The molecule has 0 amide bonds. The van der Waals surface area contributed by atoms with Gasteiger partial charge in [0.05, 0.1) is 7.11 Å². The van der Waals surface area contributed by atoms with Gasteiger partial charge in [0, 0.05) is 12.0 Å². The number of nitrogens with zero attached hydrogens (tertiary/aromatic N) is 1. The fourth-order valence-corrected chi connectivity index (χ4v) is 2.61. The van der Waals surface area contributed by atoms with Crippen LogP contribution in [0.4, 0.5) is 4.39 Å². The lowest BCUT2D eigenvalue weighted by molar-refractivity contribution is 0.214. The van der Waals surface area contributed by atoms with Gasteiger partial charge in [0.15, 0.2) is 0 Å². The number of methoxy groups -OCH3 is 1. The normalized spacial score (nSPS) is 16.9. The first-order chi connectivity index (χ1) is 10.7. The number of rotatable bonds is 3. The van der Waals surface area contributed by atoms with Crippen molar-refractivity contribution in [2.45, 2.75) is 6.42 Å². The topological polar surface area (TPSA) is 30.8 Å². The Balaban J connectivity index is 2.02. The SMILES string of the molecule is CO/N=C1/C(=C/c2ccc(F)cc2)Cc2cc(OC)ccc21. The molecule has 0 radical (unpaired) electrons. The fraction of sp³-hybridized carbons (Fsp3) is 0.167. The minimum absolute atomic E-state index is 0.243. The Hall–Kier alpha value is -2.62. The van der Waals surface area contributed by atoms with Crippen molar-refractivity contribution in [3.63, 3.8) is 0 Å². The maximum Gasteiger partial charge on any atom is 0.123 e. The molecule has 22 heavy (non-hydrogen) atoms. The van der Waals surface area contributed by atoms with Crippen LogP contribution in [-0.2, 0) is 11.3 Å². The quantitative estimate of drug-likeness (QED) is 0.806. The molecule has 0 bridgehead atoms. The third kappa shape index (κ3) is 2.72. The minimum Gasteiger partial charge on any atom is -0.497 e. The summed E-state index contributed by atoms with van der Waals surface area (Å²) in [7, 11) is 3.18. The molecular weight excluding hydrogens is 281 g/mol. The molecule has 0 heterocycles. The van der Waals surface area contributed by atoms with Gasteiger partial charge in [0.1, 0.15) is 24.4 Å². The van der Waals surface area contributed by atoms with Crippen LogP contribution >= 0.6 is 0 Å². The van der Waals surface area contributed by atoms with Gasteiger partial charge in [-0.2, -0.15) is 0 Å². The summed E-state index contributed by atoms with van der Waals surface area (Å²) in [5, 5.41) is 4.15. The molecule has 3 nitrogen and oxygen atoms in total. The number of oxime groups is 1. The van der Waals surface area contributed by atoms with Crippen LogP contribution in [0.3, 0.4) is 0 Å². The third-order valence-corrected chi connectivity index (χ3v) is 3.65. The van der Waals surface area contributed by atoms with Crippen LogP contribution in [0.2, 0.25) is 0 Å². The Morgan fingerprint density at radius 3 is 2.55 bits per heavy atom. The Morgan fingerprint density at radius 2 is 1.86 bits per heavy atom. The van der Waals surface area contributed by atoms with Gasteiger partial charge < -0.3 is 9.57 Å². The predicted molar refractivity (Wildman–Crippen MR) is 84.6 cm³/mol. The molecule has 2 aromatic rings. The van der Waals surface area contributed by atoms with Gasteiger partial charge in [-0.15, -0.1) is 0 Å². The second kappa shape index (κ2) is 6.02. The monoisotopic (exact) mass is 297 g/mol. The van der Waals surface area contributed by atoms with E-state index in [1.165, 1.54) is 19.2 Å². The van der Waals surface area contributed by atoms with E-state index in [0.29, 0.717) is 0 Å². The number of hydrogen-bond donors (Lipinski definition) is 0. The van der Waals surface area contributed by atoms with Crippen molar-refractivity contribution in [3.05, 3.63) is 70.5 Å². The van der Waals surface area contributed by atoms with Crippen LogP contribution in [0, 0.1) is 5.82 Å². The molecule has 0 N–H and O–H groups in total. The van der Waals surface area contributed by atoms with Crippen LogP contribution < -0.4 is 4.74 Å². The maximum absolute atomic E-state index is 13.0. The van der Waals surface area contributed by atoms with Gasteiger partial charge in [-0.25, -0.2) is 4.39 Å². The van der Waals surface area contributed by atoms with Crippen molar-refractivity contribution in [2.75, 3.05) is 14.2 Å². The van der Waals surface area contributed by atoms with E-state index in [1.807, 2.05) is 24.3 Å². The highest BCUT2D eigenvalue weighted by Gasteiger charge is 2.24. The molecule has 0 aromatic heterocycles. The van der Waals surface area contributed by atoms with E-state index < -0.39 is 0 Å². The third-order valence-electron chi connectivity index (χ3n) is 3.65. The molecule has 112 valence electrons. The van der Waals surface area contributed by atoms with E-state index in [4.69, 9.17) is 9.57 Å².